The lowest BCUT2D eigenvalue weighted by Gasteiger charge is -2.03. The van der Waals surface area contributed by atoms with E-state index in [-0.39, 0.29) is 11.5 Å². The van der Waals surface area contributed by atoms with E-state index in [2.05, 4.69) is 20.4 Å². The summed E-state index contributed by atoms with van der Waals surface area (Å²) in [6.07, 6.45) is 0. The maximum Gasteiger partial charge on any atom is 0.270 e. The Morgan fingerprint density at radius 2 is 1.79 bits per heavy atom. The fourth-order valence-corrected chi connectivity index (χ4v) is 3.80. The van der Waals surface area contributed by atoms with Crippen molar-refractivity contribution in [3.05, 3.63) is 71.7 Å². The van der Waals surface area contributed by atoms with Crippen LogP contribution in [0.5, 0.6) is 0 Å². The van der Waals surface area contributed by atoms with Gasteiger partial charge >= 0.3 is 0 Å². The number of anilines is 1. The highest BCUT2D eigenvalue weighted by Gasteiger charge is 2.23. The average Bonchev–Trinajstić information content (AvgIpc) is 3.36. The SMILES string of the molecule is CC(C)c1nc(NC(=O)c2ccccc2F)sc1-c1nc(-c2ccccc2)no1. The summed E-state index contributed by atoms with van der Waals surface area (Å²) >= 11 is 1.22. The van der Waals surface area contributed by atoms with Crippen LogP contribution in [0.25, 0.3) is 22.2 Å². The molecule has 0 spiro atoms. The van der Waals surface area contributed by atoms with Crippen LogP contribution in [0, 0.1) is 5.82 Å². The summed E-state index contributed by atoms with van der Waals surface area (Å²) in [5.41, 5.74) is 1.52. The van der Waals surface area contributed by atoms with Crippen molar-refractivity contribution < 1.29 is 13.7 Å². The van der Waals surface area contributed by atoms with Crippen LogP contribution < -0.4 is 5.32 Å². The predicted molar refractivity (Wildman–Crippen MR) is 109 cm³/mol. The molecule has 2 heterocycles. The van der Waals surface area contributed by atoms with Crippen LogP contribution in [0.2, 0.25) is 0 Å². The lowest BCUT2D eigenvalue weighted by Crippen LogP contribution is -2.13. The standard InChI is InChI=1S/C21H17FN4O2S/c1-12(2)16-17(20-24-18(26-28-20)13-8-4-3-5-9-13)29-21(23-16)25-19(27)14-10-6-7-11-15(14)22/h3-12H,1-2H3,(H,23,25,27). The molecule has 1 amide bonds. The topological polar surface area (TPSA) is 80.9 Å². The third-order valence-electron chi connectivity index (χ3n) is 4.19. The molecule has 0 aliphatic carbocycles. The van der Waals surface area contributed by atoms with Crippen molar-refractivity contribution in [1.82, 2.24) is 15.1 Å². The maximum atomic E-state index is 13.9. The molecule has 0 aliphatic heterocycles. The quantitative estimate of drug-likeness (QED) is 0.480. The Labute approximate surface area is 170 Å². The van der Waals surface area contributed by atoms with E-state index in [1.165, 1.54) is 29.5 Å². The number of amides is 1. The molecule has 0 aliphatic rings. The molecule has 8 heteroatoms. The zero-order valence-corrected chi connectivity index (χ0v) is 16.5. The van der Waals surface area contributed by atoms with Gasteiger partial charge in [-0.25, -0.2) is 9.37 Å². The maximum absolute atomic E-state index is 13.9. The van der Waals surface area contributed by atoms with E-state index >= 15 is 0 Å². The first-order valence-electron chi connectivity index (χ1n) is 8.99. The number of aromatic nitrogens is 3. The van der Waals surface area contributed by atoms with Crippen LogP contribution in [-0.2, 0) is 0 Å². The smallest absolute Gasteiger partial charge is 0.270 e. The van der Waals surface area contributed by atoms with Gasteiger partial charge < -0.3 is 4.52 Å². The minimum atomic E-state index is -0.588. The number of thiazole rings is 1. The Morgan fingerprint density at radius 1 is 1.07 bits per heavy atom. The molecule has 146 valence electrons. The van der Waals surface area contributed by atoms with Crippen molar-refractivity contribution in [1.29, 1.82) is 0 Å². The Balaban J connectivity index is 1.65. The van der Waals surface area contributed by atoms with Gasteiger partial charge in [0, 0.05) is 5.56 Å². The first-order valence-corrected chi connectivity index (χ1v) is 9.80. The van der Waals surface area contributed by atoms with Crippen molar-refractivity contribution >= 4 is 22.4 Å². The molecule has 1 N–H and O–H groups in total. The van der Waals surface area contributed by atoms with Gasteiger partial charge in [-0.15, -0.1) is 0 Å². The van der Waals surface area contributed by atoms with Crippen molar-refractivity contribution in [2.45, 2.75) is 19.8 Å². The van der Waals surface area contributed by atoms with Crippen molar-refractivity contribution in [2.24, 2.45) is 0 Å². The molecule has 29 heavy (non-hydrogen) atoms. The van der Waals surface area contributed by atoms with Crippen LogP contribution in [0.4, 0.5) is 9.52 Å². The number of benzene rings is 2. The van der Waals surface area contributed by atoms with E-state index in [4.69, 9.17) is 4.52 Å². The highest BCUT2D eigenvalue weighted by atomic mass is 32.1. The van der Waals surface area contributed by atoms with E-state index in [1.54, 1.807) is 6.07 Å². The van der Waals surface area contributed by atoms with Crippen molar-refractivity contribution in [3.8, 4) is 22.2 Å². The Kier molecular flexibility index (Phi) is 5.18. The molecular formula is C21H17FN4O2S. The summed E-state index contributed by atoms with van der Waals surface area (Å²) < 4.78 is 19.3. The fraction of sp³-hybridized carbons (Fsp3) is 0.143. The zero-order valence-electron chi connectivity index (χ0n) is 15.7. The third-order valence-corrected chi connectivity index (χ3v) is 5.17. The van der Waals surface area contributed by atoms with Crippen LogP contribution in [0.3, 0.4) is 0 Å². The van der Waals surface area contributed by atoms with E-state index < -0.39 is 11.7 Å². The molecule has 0 fully saturated rings. The monoisotopic (exact) mass is 408 g/mol. The number of halogens is 1. The molecule has 6 nitrogen and oxygen atoms in total. The van der Waals surface area contributed by atoms with Gasteiger partial charge in [-0.1, -0.05) is 72.8 Å². The summed E-state index contributed by atoms with van der Waals surface area (Å²) in [6, 6.07) is 15.3. The molecule has 4 aromatic rings. The summed E-state index contributed by atoms with van der Waals surface area (Å²) in [4.78, 5) is 22.1. The molecule has 0 unspecified atom stereocenters. The lowest BCUT2D eigenvalue weighted by molar-refractivity contribution is 0.102. The number of carbonyl (C=O) groups is 1. The average molecular weight is 408 g/mol. The van der Waals surface area contributed by atoms with Gasteiger partial charge in [0.25, 0.3) is 11.8 Å². The summed E-state index contributed by atoms with van der Waals surface area (Å²) in [6.45, 7) is 3.96. The second-order valence-corrected chi connectivity index (χ2v) is 7.61. The molecule has 0 atom stereocenters. The van der Waals surface area contributed by atoms with E-state index in [0.29, 0.717) is 21.7 Å². The highest BCUT2D eigenvalue weighted by molar-refractivity contribution is 7.19. The molecule has 0 saturated heterocycles. The van der Waals surface area contributed by atoms with Crippen LogP contribution >= 0.6 is 11.3 Å². The number of nitrogens with zero attached hydrogens (tertiary/aromatic N) is 3. The van der Waals surface area contributed by atoms with Gasteiger partial charge in [0.05, 0.1) is 11.3 Å². The number of rotatable bonds is 5. The summed E-state index contributed by atoms with van der Waals surface area (Å²) in [7, 11) is 0. The Morgan fingerprint density at radius 3 is 2.52 bits per heavy atom. The number of carbonyl (C=O) groups excluding carboxylic acids is 1. The Bertz CT molecular complexity index is 1150. The molecule has 2 aromatic carbocycles. The molecule has 0 saturated carbocycles. The van der Waals surface area contributed by atoms with Gasteiger partial charge in [-0.05, 0) is 18.1 Å². The van der Waals surface area contributed by atoms with Gasteiger partial charge in [-0.2, -0.15) is 4.98 Å². The second-order valence-electron chi connectivity index (χ2n) is 6.61. The normalized spacial score (nSPS) is 11.0. The number of nitrogens with one attached hydrogen (secondary N) is 1. The first kappa shape index (κ1) is 18.9. The van der Waals surface area contributed by atoms with Crippen LogP contribution in [0.15, 0.2) is 59.1 Å². The highest BCUT2D eigenvalue weighted by Crippen LogP contribution is 2.37. The molecule has 2 aromatic heterocycles. The van der Waals surface area contributed by atoms with E-state index in [1.807, 2.05) is 44.2 Å². The third kappa shape index (κ3) is 3.93. The molecule has 0 radical (unpaired) electrons. The van der Waals surface area contributed by atoms with Gasteiger partial charge in [0.1, 0.15) is 10.7 Å². The largest absolute Gasteiger partial charge is 0.333 e. The van der Waals surface area contributed by atoms with Gasteiger partial charge in [0.2, 0.25) is 5.82 Å². The number of hydrogen-bond donors (Lipinski definition) is 1. The summed E-state index contributed by atoms with van der Waals surface area (Å²) in [5, 5.41) is 7.05. The van der Waals surface area contributed by atoms with Crippen molar-refractivity contribution in [2.75, 3.05) is 5.32 Å². The Hall–Kier alpha value is -3.39. The predicted octanol–water partition coefficient (Wildman–Crippen LogP) is 5.37. The summed E-state index contributed by atoms with van der Waals surface area (Å²) in [5.74, 6) is -0.283. The molecule has 4 rings (SSSR count). The second kappa shape index (κ2) is 7.92. The minimum Gasteiger partial charge on any atom is -0.333 e. The van der Waals surface area contributed by atoms with E-state index in [9.17, 15) is 9.18 Å². The fourth-order valence-electron chi connectivity index (χ4n) is 2.76. The lowest BCUT2D eigenvalue weighted by atomic mass is 10.1. The molecular weight excluding hydrogens is 391 g/mol. The zero-order chi connectivity index (χ0) is 20.4. The molecule has 0 bridgehead atoms. The van der Waals surface area contributed by atoms with Crippen LogP contribution in [-0.4, -0.2) is 21.0 Å². The minimum absolute atomic E-state index is 0.0421. The van der Waals surface area contributed by atoms with Crippen molar-refractivity contribution in [3.63, 3.8) is 0 Å². The van der Waals surface area contributed by atoms with Gasteiger partial charge in [0.15, 0.2) is 5.13 Å². The van der Waals surface area contributed by atoms with Gasteiger partial charge in [-0.3, -0.25) is 10.1 Å². The first-order chi connectivity index (χ1) is 14.0. The number of hydrogen-bond acceptors (Lipinski definition) is 6. The van der Waals surface area contributed by atoms with E-state index in [0.717, 1.165) is 11.3 Å². The van der Waals surface area contributed by atoms with Crippen LogP contribution in [0.1, 0.15) is 35.8 Å².